The number of hydrogen-bond acceptors (Lipinski definition) is 4. The van der Waals surface area contributed by atoms with Crippen LogP contribution < -0.4 is 10.1 Å². The van der Waals surface area contributed by atoms with Crippen LogP contribution >= 0.6 is 0 Å². The van der Waals surface area contributed by atoms with Gasteiger partial charge < -0.3 is 14.5 Å². The molecule has 0 atom stereocenters. The van der Waals surface area contributed by atoms with Gasteiger partial charge in [-0.1, -0.05) is 12.1 Å². The molecule has 0 fully saturated rings. The molecule has 31 heavy (non-hydrogen) atoms. The summed E-state index contributed by atoms with van der Waals surface area (Å²) >= 11 is 0. The third-order valence-corrected chi connectivity index (χ3v) is 5.10. The van der Waals surface area contributed by atoms with Gasteiger partial charge in [0.2, 0.25) is 0 Å². The van der Waals surface area contributed by atoms with Gasteiger partial charge >= 0.3 is 0 Å². The number of anilines is 1. The van der Waals surface area contributed by atoms with Gasteiger partial charge in [-0.05, 0) is 25.1 Å². The van der Waals surface area contributed by atoms with Crippen LogP contribution in [-0.2, 0) is 6.54 Å². The second-order valence-electron chi connectivity index (χ2n) is 7.03. The fourth-order valence-electron chi connectivity index (χ4n) is 3.48. The number of benzene rings is 1. The second kappa shape index (κ2) is 8.06. The number of methoxy groups -OCH3 is 1. The van der Waals surface area contributed by atoms with Crippen molar-refractivity contribution in [2.24, 2.45) is 0 Å². The maximum Gasteiger partial charge on any atom is 0.257 e. The number of halogens is 1. The summed E-state index contributed by atoms with van der Waals surface area (Å²) in [4.78, 5) is 25.1. The van der Waals surface area contributed by atoms with Crippen molar-refractivity contribution in [2.75, 3.05) is 12.4 Å². The molecule has 0 unspecified atom stereocenters. The molecule has 1 aromatic carbocycles. The Kier molecular flexibility index (Phi) is 5.29. The van der Waals surface area contributed by atoms with Crippen LogP contribution in [-0.4, -0.2) is 33.0 Å². The van der Waals surface area contributed by atoms with E-state index in [1.807, 2.05) is 6.92 Å². The fraction of sp³-hybridized carbons (Fsp3) is 0.174. The van der Waals surface area contributed by atoms with E-state index in [0.29, 0.717) is 34.6 Å². The highest BCUT2D eigenvalue weighted by Crippen LogP contribution is 2.29. The van der Waals surface area contributed by atoms with Crippen LogP contribution in [0.15, 0.2) is 55.0 Å². The van der Waals surface area contributed by atoms with Crippen LogP contribution in [0.2, 0.25) is 0 Å². The lowest BCUT2D eigenvalue weighted by molar-refractivity contribution is 0.101. The number of ketones is 1. The number of nitrogens with zero attached hydrogens (tertiary/aromatic N) is 3. The van der Waals surface area contributed by atoms with Gasteiger partial charge in [-0.25, -0.2) is 4.39 Å². The molecule has 0 saturated heterocycles. The minimum Gasteiger partial charge on any atom is -0.497 e. The Morgan fingerprint density at radius 3 is 2.71 bits per heavy atom. The molecule has 1 N–H and O–H groups in total. The Bertz CT molecular complexity index is 1310. The van der Waals surface area contributed by atoms with Gasteiger partial charge in [0.1, 0.15) is 5.75 Å². The number of fused-ring (bicyclic) bond motifs is 1. The van der Waals surface area contributed by atoms with Crippen molar-refractivity contribution in [1.82, 2.24) is 14.2 Å². The molecule has 3 aromatic heterocycles. The number of carbonyl (C=O) groups excluding carboxylic acids is 2. The topological polar surface area (TPSA) is 77.6 Å². The fourth-order valence-corrected chi connectivity index (χ4v) is 3.48. The summed E-state index contributed by atoms with van der Waals surface area (Å²) in [5.74, 6) is -0.742. The SMILES string of the molecule is CCn1cc(-c2cccc(NC(=O)c3cc(C(C)=O)n4ccc(OC)cc34)c2F)cn1. The highest BCUT2D eigenvalue weighted by atomic mass is 19.1. The van der Waals surface area contributed by atoms with Crippen LogP contribution in [0.4, 0.5) is 10.1 Å². The molecule has 4 rings (SSSR count). The van der Waals surface area contributed by atoms with E-state index in [9.17, 15) is 9.59 Å². The van der Waals surface area contributed by atoms with E-state index in [1.165, 1.54) is 26.2 Å². The first-order valence-corrected chi connectivity index (χ1v) is 9.75. The molecule has 0 radical (unpaired) electrons. The molecule has 1 amide bonds. The van der Waals surface area contributed by atoms with Crippen LogP contribution in [0.25, 0.3) is 16.6 Å². The van der Waals surface area contributed by atoms with Crippen molar-refractivity contribution >= 4 is 22.9 Å². The Balaban J connectivity index is 1.73. The number of Topliss-reactive ketones (excluding diaryl/α,β-unsaturated/α-hetero) is 1. The number of amides is 1. The zero-order chi connectivity index (χ0) is 22.1. The first-order chi connectivity index (χ1) is 14.9. The average molecular weight is 420 g/mol. The first-order valence-electron chi connectivity index (χ1n) is 9.75. The standard InChI is InChI=1S/C23H21FN4O3/c1-4-27-13-15(12-25-27)17-6-5-7-19(22(17)24)26-23(30)18-11-20(14(2)29)28-9-8-16(31-3)10-21(18)28/h5-13H,4H2,1-3H3,(H,26,30). The third-order valence-electron chi connectivity index (χ3n) is 5.10. The molecule has 0 aliphatic carbocycles. The number of carbonyl (C=O) groups is 2. The van der Waals surface area contributed by atoms with Crippen molar-refractivity contribution < 1.29 is 18.7 Å². The van der Waals surface area contributed by atoms with Crippen LogP contribution in [0.1, 0.15) is 34.7 Å². The van der Waals surface area contributed by atoms with Crippen LogP contribution in [0.5, 0.6) is 5.75 Å². The summed E-state index contributed by atoms with van der Waals surface area (Å²) < 4.78 is 23.7. The van der Waals surface area contributed by atoms with Gasteiger partial charge in [0.15, 0.2) is 11.6 Å². The van der Waals surface area contributed by atoms with Crippen molar-refractivity contribution in [3.8, 4) is 16.9 Å². The van der Waals surface area contributed by atoms with Crippen molar-refractivity contribution in [3.05, 3.63) is 72.1 Å². The summed E-state index contributed by atoms with van der Waals surface area (Å²) in [7, 11) is 1.52. The number of rotatable bonds is 6. The van der Waals surface area contributed by atoms with Crippen LogP contribution in [0.3, 0.4) is 0 Å². The predicted octanol–water partition coefficient (Wildman–Crippen LogP) is 4.43. The van der Waals surface area contributed by atoms with E-state index in [1.54, 1.807) is 51.9 Å². The number of hydrogen-bond donors (Lipinski definition) is 1. The zero-order valence-corrected chi connectivity index (χ0v) is 17.3. The van der Waals surface area contributed by atoms with Gasteiger partial charge in [0, 0.05) is 43.1 Å². The molecule has 8 heteroatoms. The monoisotopic (exact) mass is 420 g/mol. The van der Waals surface area contributed by atoms with E-state index in [2.05, 4.69) is 10.4 Å². The summed E-state index contributed by atoms with van der Waals surface area (Å²) in [6, 6.07) is 9.65. The number of aryl methyl sites for hydroxylation is 1. The van der Waals surface area contributed by atoms with E-state index < -0.39 is 11.7 Å². The van der Waals surface area contributed by atoms with E-state index in [0.717, 1.165) is 0 Å². The van der Waals surface area contributed by atoms with E-state index in [-0.39, 0.29) is 17.0 Å². The molecule has 0 spiro atoms. The molecule has 0 saturated carbocycles. The minimum absolute atomic E-state index is 0.0402. The molecule has 0 bridgehead atoms. The lowest BCUT2D eigenvalue weighted by Gasteiger charge is -2.09. The van der Waals surface area contributed by atoms with Crippen molar-refractivity contribution in [1.29, 1.82) is 0 Å². The summed E-state index contributed by atoms with van der Waals surface area (Å²) in [5, 5.41) is 6.81. The second-order valence-corrected chi connectivity index (χ2v) is 7.03. The molecular formula is C23H21FN4O3. The highest BCUT2D eigenvalue weighted by Gasteiger charge is 2.20. The first kappa shape index (κ1) is 20.3. The number of ether oxygens (including phenoxy) is 1. The van der Waals surface area contributed by atoms with Gasteiger partial charge in [-0.15, -0.1) is 0 Å². The predicted molar refractivity (Wildman–Crippen MR) is 115 cm³/mol. The molecule has 4 aromatic rings. The number of aromatic nitrogens is 3. The molecule has 158 valence electrons. The molecule has 0 aliphatic rings. The molecule has 7 nitrogen and oxygen atoms in total. The van der Waals surface area contributed by atoms with Gasteiger partial charge in [0.05, 0.1) is 35.8 Å². The van der Waals surface area contributed by atoms with Gasteiger partial charge in [-0.2, -0.15) is 5.10 Å². The Labute approximate surface area is 178 Å². The van der Waals surface area contributed by atoms with E-state index in [4.69, 9.17) is 4.74 Å². The zero-order valence-electron chi connectivity index (χ0n) is 17.3. The average Bonchev–Trinajstić information content (AvgIpc) is 3.39. The minimum atomic E-state index is -0.556. The van der Waals surface area contributed by atoms with E-state index >= 15 is 4.39 Å². The third kappa shape index (κ3) is 3.68. The quantitative estimate of drug-likeness (QED) is 0.468. The maximum absolute atomic E-state index is 15.2. The smallest absolute Gasteiger partial charge is 0.257 e. The lowest BCUT2D eigenvalue weighted by Crippen LogP contribution is -2.13. The van der Waals surface area contributed by atoms with Crippen LogP contribution in [0, 0.1) is 5.82 Å². The molecule has 3 heterocycles. The lowest BCUT2D eigenvalue weighted by atomic mass is 10.1. The number of pyridine rings is 1. The largest absolute Gasteiger partial charge is 0.497 e. The maximum atomic E-state index is 15.2. The summed E-state index contributed by atoms with van der Waals surface area (Å²) in [6.45, 7) is 4.03. The Morgan fingerprint density at radius 1 is 1.23 bits per heavy atom. The van der Waals surface area contributed by atoms with Gasteiger partial charge in [-0.3, -0.25) is 14.3 Å². The normalized spacial score (nSPS) is 11.0. The van der Waals surface area contributed by atoms with Gasteiger partial charge in [0.25, 0.3) is 5.91 Å². The Hall–Kier alpha value is -3.94. The molecular weight excluding hydrogens is 399 g/mol. The Morgan fingerprint density at radius 2 is 2.03 bits per heavy atom. The highest BCUT2D eigenvalue weighted by molar-refractivity contribution is 6.11. The molecule has 0 aliphatic heterocycles. The van der Waals surface area contributed by atoms with Crippen molar-refractivity contribution in [2.45, 2.75) is 20.4 Å². The van der Waals surface area contributed by atoms with Crippen molar-refractivity contribution in [3.63, 3.8) is 0 Å². The summed E-state index contributed by atoms with van der Waals surface area (Å²) in [5.41, 5.74) is 2.08. The summed E-state index contributed by atoms with van der Waals surface area (Å²) in [6.07, 6.45) is 4.99. The number of nitrogens with one attached hydrogen (secondary N) is 1.